The number of aryl methyl sites for hydroxylation is 2. The first-order chi connectivity index (χ1) is 16.6. The van der Waals surface area contributed by atoms with Gasteiger partial charge in [0, 0.05) is 12.6 Å². The van der Waals surface area contributed by atoms with Gasteiger partial charge in [-0.25, -0.2) is 8.42 Å². The minimum absolute atomic E-state index is 0.132. The first-order valence-electron chi connectivity index (χ1n) is 12.3. The van der Waals surface area contributed by atoms with E-state index >= 15 is 0 Å². The van der Waals surface area contributed by atoms with Crippen LogP contribution in [-0.2, 0) is 26.2 Å². The molecule has 1 aliphatic rings. The number of hydrogen-bond donors (Lipinski definition) is 1. The predicted octanol–water partition coefficient (Wildman–Crippen LogP) is 3.94. The number of hydrogen-bond acceptors (Lipinski definition) is 4. The van der Waals surface area contributed by atoms with Crippen LogP contribution in [0.5, 0.6) is 0 Å². The molecule has 0 spiro atoms. The Morgan fingerprint density at radius 1 is 1.03 bits per heavy atom. The van der Waals surface area contributed by atoms with Gasteiger partial charge in [-0.3, -0.25) is 13.9 Å². The summed E-state index contributed by atoms with van der Waals surface area (Å²) in [6, 6.07) is 14.3. The maximum atomic E-state index is 13.7. The molecular formula is C27H37N3O4S. The molecule has 3 rings (SSSR count). The highest BCUT2D eigenvalue weighted by Crippen LogP contribution is 2.22. The van der Waals surface area contributed by atoms with Crippen LogP contribution in [0.25, 0.3) is 0 Å². The summed E-state index contributed by atoms with van der Waals surface area (Å²) in [4.78, 5) is 28.6. The smallest absolute Gasteiger partial charge is 0.244 e. The van der Waals surface area contributed by atoms with Crippen molar-refractivity contribution in [1.82, 2.24) is 10.2 Å². The van der Waals surface area contributed by atoms with Gasteiger partial charge in [0.25, 0.3) is 0 Å². The minimum atomic E-state index is -3.73. The van der Waals surface area contributed by atoms with E-state index in [4.69, 9.17) is 0 Å². The van der Waals surface area contributed by atoms with Gasteiger partial charge in [-0.1, -0.05) is 61.7 Å². The van der Waals surface area contributed by atoms with Crippen molar-refractivity contribution in [3.63, 3.8) is 0 Å². The highest BCUT2D eigenvalue weighted by Gasteiger charge is 2.33. The molecule has 1 unspecified atom stereocenters. The van der Waals surface area contributed by atoms with Crippen LogP contribution in [0.3, 0.4) is 0 Å². The fraction of sp³-hybridized carbons (Fsp3) is 0.481. The maximum absolute atomic E-state index is 13.7. The third-order valence-electron chi connectivity index (χ3n) is 6.49. The van der Waals surface area contributed by atoms with Crippen LogP contribution in [0, 0.1) is 13.8 Å². The van der Waals surface area contributed by atoms with Crippen LogP contribution < -0.4 is 9.62 Å². The first-order valence-corrected chi connectivity index (χ1v) is 14.1. The summed E-state index contributed by atoms with van der Waals surface area (Å²) in [7, 11) is -3.73. The normalized spacial score (nSPS) is 15.0. The van der Waals surface area contributed by atoms with Crippen molar-refractivity contribution < 1.29 is 18.0 Å². The van der Waals surface area contributed by atoms with Gasteiger partial charge in [0.05, 0.1) is 11.9 Å². The predicted molar refractivity (Wildman–Crippen MR) is 140 cm³/mol. The highest BCUT2D eigenvalue weighted by molar-refractivity contribution is 7.92. The second kappa shape index (κ2) is 11.7. The molecule has 0 bridgehead atoms. The van der Waals surface area contributed by atoms with Crippen molar-refractivity contribution in [3.05, 3.63) is 65.2 Å². The molecule has 2 aromatic carbocycles. The van der Waals surface area contributed by atoms with E-state index in [1.807, 2.05) is 51.1 Å². The van der Waals surface area contributed by atoms with Gasteiger partial charge in [0.15, 0.2) is 0 Å². The SMILES string of the molecule is CCC(C(=O)NC1CCCC1)N(Cc1cccc(C)c1)C(=O)CN(c1cccc(C)c1)S(C)(=O)=O. The average Bonchev–Trinajstić information content (AvgIpc) is 3.29. The first kappa shape index (κ1) is 26.7. The number of benzene rings is 2. The molecule has 1 N–H and O–H groups in total. The number of amides is 2. The molecule has 1 saturated carbocycles. The van der Waals surface area contributed by atoms with Gasteiger partial charge in [-0.15, -0.1) is 0 Å². The molecule has 0 saturated heterocycles. The number of sulfonamides is 1. The lowest BCUT2D eigenvalue weighted by atomic mass is 10.1. The van der Waals surface area contributed by atoms with E-state index in [0.29, 0.717) is 12.1 Å². The molecule has 2 aromatic rings. The Bertz CT molecular complexity index is 1140. The van der Waals surface area contributed by atoms with Crippen LogP contribution in [0.4, 0.5) is 5.69 Å². The Balaban J connectivity index is 1.92. The number of carbonyl (C=O) groups is 2. The van der Waals surface area contributed by atoms with E-state index in [0.717, 1.165) is 52.9 Å². The Labute approximate surface area is 209 Å². The molecule has 0 aliphatic heterocycles. The molecule has 35 heavy (non-hydrogen) atoms. The number of nitrogens with zero attached hydrogens (tertiary/aromatic N) is 2. The summed E-state index contributed by atoms with van der Waals surface area (Å²) in [5.41, 5.74) is 3.27. The molecule has 7 nitrogen and oxygen atoms in total. The van der Waals surface area contributed by atoms with Crippen molar-refractivity contribution in [3.8, 4) is 0 Å². The van der Waals surface area contributed by atoms with Crippen LogP contribution in [0.1, 0.15) is 55.7 Å². The van der Waals surface area contributed by atoms with Gasteiger partial charge in [-0.05, 0) is 56.4 Å². The molecule has 1 fully saturated rings. The fourth-order valence-electron chi connectivity index (χ4n) is 4.69. The summed E-state index contributed by atoms with van der Waals surface area (Å²) in [5.74, 6) is -0.589. The zero-order chi connectivity index (χ0) is 25.6. The molecule has 1 aliphatic carbocycles. The van der Waals surface area contributed by atoms with E-state index in [-0.39, 0.29) is 25.0 Å². The Hall–Kier alpha value is -2.87. The third kappa shape index (κ3) is 7.31. The van der Waals surface area contributed by atoms with Gasteiger partial charge >= 0.3 is 0 Å². The molecule has 2 amide bonds. The van der Waals surface area contributed by atoms with E-state index in [9.17, 15) is 18.0 Å². The molecule has 8 heteroatoms. The Kier molecular flexibility index (Phi) is 8.94. The fourth-order valence-corrected chi connectivity index (χ4v) is 5.53. The quantitative estimate of drug-likeness (QED) is 0.537. The topological polar surface area (TPSA) is 86.8 Å². The lowest BCUT2D eigenvalue weighted by Gasteiger charge is -2.33. The molecule has 190 valence electrons. The van der Waals surface area contributed by atoms with Crippen LogP contribution in [0.15, 0.2) is 48.5 Å². The lowest BCUT2D eigenvalue weighted by Crippen LogP contribution is -2.53. The van der Waals surface area contributed by atoms with Crippen molar-refractivity contribution in [2.24, 2.45) is 0 Å². The number of anilines is 1. The van der Waals surface area contributed by atoms with Crippen LogP contribution in [0.2, 0.25) is 0 Å². The Morgan fingerprint density at radius 3 is 2.23 bits per heavy atom. The Morgan fingerprint density at radius 2 is 1.66 bits per heavy atom. The molecule has 0 radical (unpaired) electrons. The molecule has 1 atom stereocenters. The highest BCUT2D eigenvalue weighted by atomic mass is 32.2. The zero-order valence-corrected chi connectivity index (χ0v) is 22.0. The van der Waals surface area contributed by atoms with E-state index in [1.54, 1.807) is 18.2 Å². The monoisotopic (exact) mass is 499 g/mol. The van der Waals surface area contributed by atoms with Gasteiger partial charge in [-0.2, -0.15) is 0 Å². The van der Waals surface area contributed by atoms with Crippen molar-refractivity contribution in [2.45, 2.75) is 71.5 Å². The average molecular weight is 500 g/mol. The van der Waals surface area contributed by atoms with Crippen LogP contribution >= 0.6 is 0 Å². The van der Waals surface area contributed by atoms with E-state index in [2.05, 4.69) is 5.32 Å². The summed E-state index contributed by atoms with van der Waals surface area (Å²) in [6.45, 7) is 5.58. The van der Waals surface area contributed by atoms with Gasteiger partial charge < -0.3 is 10.2 Å². The second-order valence-electron chi connectivity index (χ2n) is 9.53. The summed E-state index contributed by atoms with van der Waals surface area (Å²) >= 11 is 0. The molecule has 0 aromatic heterocycles. The van der Waals surface area contributed by atoms with Gasteiger partial charge in [0.2, 0.25) is 21.8 Å². The second-order valence-corrected chi connectivity index (χ2v) is 11.4. The number of rotatable bonds is 10. The third-order valence-corrected chi connectivity index (χ3v) is 7.63. The summed E-state index contributed by atoms with van der Waals surface area (Å²) in [6.07, 6.45) is 5.60. The number of nitrogens with one attached hydrogen (secondary N) is 1. The molecular weight excluding hydrogens is 462 g/mol. The maximum Gasteiger partial charge on any atom is 0.244 e. The minimum Gasteiger partial charge on any atom is -0.352 e. The summed E-state index contributed by atoms with van der Waals surface area (Å²) < 4.78 is 26.5. The standard InChI is InChI=1S/C27H37N3O4S/c1-5-25(27(32)28-23-13-6-7-14-23)29(18-22-12-8-10-20(2)16-22)26(31)19-30(35(4,33)34)24-15-9-11-21(3)17-24/h8-12,15-17,23,25H,5-7,13-14,18-19H2,1-4H3,(H,28,32). The number of carbonyl (C=O) groups excluding carboxylic acids is 2. The zero-order valence-electron chi connectivity index (χ0n) is 21.2. The van der Waals surface area contributed by atoms with Crippen molar-refractivity contribution in [1.29, 1.82) is 0 Å². The van der Waals surface area contributed by atoms with E-state index in [1.165, 1.54) is 4.90 Å². The van der Waals surface area contributed by atoms with E-state index < -0.39 is 22.0 Å². The lowest BCUT2D eigenvalue weighted by molar-refractivity contribution is -0.140. The summed E-state index contributed by atoms with van der Waals surface area (Å²) in [5, 5.41) is 3.12. The van der Waals surface area contributed by atoms with Crippen molar-refractivity contribution >= 4 is 27.5 Å². The van der Waals surface area contributed by atoms with Crippen molar-refractivity contribution in [2.75, 3.05) is 17.1 Å². The van der Waals surface area contributed by atoms with Gasteiger partial charge in [0.1, 0.15) is 12.6 Å². The van der Waals surface area contributed by atoms with Crippen LogP contribution in [-0.4, -0.2) is 50.0 Å². The molecule has 0 heterocycles. The largest absolute Gasteiger partial charge is 0.352 e.